The predicted molar refractivity (Wildman–Crippen MR) is 118 cm³/mol. The smallest absolute Gasteiger partial charge is 0.137 e. The van der Waals surface area contributed by atoms with Crippen molar-refractivity contribution in [2.45, 2.75) is 26.3 Å². The third-order valence-electron chi connectivity index (χ3n) is 4.73. The van der Waals surface area contributed by atoms with Crippen molar-refractivity contribution in [1.29, 1.82) is 0 Å². The third-order valence-corrected chi connectivity index (χ3v) is 4.73. The van der Waals surface area contributed by atoms with E-state index in [2.05, 4.69) is 45.9 Å². The monoisotopic (exact) mass is 383 g/mol. The molecule has 5 nitrogen and oxygen atoms in total. The lowest BCUT2D eigenvalue weighted by Gasteiger charge is -2.13. The molecule has 0 bridgehead atoms. The Balaban J connectivity index is 1.55. The second-order valence-electron chi connectivity index (χ2n) is 7.53. The predicted octanol–water partition coefficient (Wildman–Crippen LogP) is 5.67. The van der Waals surface area contributed by atoms with Crippen LogP contribution in [0.1, 0.15) is 37.7 Å². The highest BCUT2D eigenvalue weighted by atomic mass is 15.0. The van der Waals surface area contributed by atoms with Crippen LogP contribution < -0.4 is 0 Å². The molecular weight excluding hydrogens is 358 g/mol. The number of hydrogen-bond donors (Lipinski definition) is 2. The lowest BCUT2D eigenvalue weighted by Crippen LogP contribution is -2.02. The molecule has 0 aliphatic rings. The van der Waals surface area contributed by atoms with Gasteiger partial charge in [-0.2, -0.15) is 0 Å². The minimum absolute atomic E-state index is 0.0171. The van der Waals surface area contributed by atoms with Crippen molar-refractivity contribution >= 4 is 6.21 Å². The Morgan fingerprint density at radius 2 is 1.41 bits per heavy atom. The Labute approximate surface area is 171 Å². The molecule has 2 N–H and O–H groups in total. The van der Waals surface area contributed by atoms with Gasteiger partial charge < -0.3 is 9.97 Å². The number of nitrogens with zero attached hydrogens (tertiary/aromatic N) is 3. The van der Waals surface area contributed by atoms with Gasteiger partial charge in [-0.1, -0.05) is 74.5 Å². The summed E-state index contributed by atoms with van der Waals surface area (Å²) in [6.45, 7) is 4.42. The van der Waals surface area contributed by atoms with Gasteiger partial charge in [-0.25, -0.2) is 9.97 Å². The van der Waals surface area contributed by atoms with Gasteiger partial charge >= 0.3 is 0 Å². The topological polar surface area (TPSA) is 69.7 Å². The first-order chi connectivity index (χ1) is 14.2. The molecule has 146 valence electrons. The Morgan fingerprint density at radius 1 is 0.828 bits per heavy atom. The minimum atomic E-state index is 0.0171. The van der Waals surface area contributed by atoms with Crippen LogP contribution in [0.4, 0.5) is 0 Å². The molecule has 1 atom stereocenters. The van der Waals surface area contributed by atoms with E-state index in [9.17, 15) is 0 Å². The lowest BCUT2D eigenvalue weighted by atomic mass is 10.0. The maximum atomic E-state index is 4.85. The van der Waals surface area contributed by atoms with Crippen molar-refractivity contribution in [2.75, 3.05) is 0 Å². The summed E-state index contributed by atoms with van der Waals surface area (Å²) in [7, 11) is 0. The number of aromatic amines is 2. The average molecular weight is 383 g/mol. The largest absolute Gasteiger partial charge is 0.340 e. The molecule has 29 heavy (non-hydrogen) atoms. The van der Waals surface area contributed by atoms with Gasteiger partial charge in [0.05, 0.1) is 29.8 Å². The number of aliphatic imine (C=N–C) groups is 1. The summed E-state index contributed by atoms with van der Waals surface area (Å²) in [5.74, 6) is 2.24. The van der Waals surface area contributed by atoms with Crippen LogP contribution in [0, 0.1) is 5.92 Å². The van der Waals surface area contributed by atoms with Gasteiger partial charge in [-0.05, 0) is 12.3 Å². The third kappa shape index (κ3) is 4.69. The van der Waals surface area contributed by atoms with E-state index < -0.39 is 0 Å². The fourth-order valence-electron chi connectivity index (χ4n) is 3.28. The van der Waals surface area contributed by atoms with Crippen molar-refractivity contribution in [3.8, 4) is 22.8 Å². The SMILES string of the molecule is CC(C)C[C@H](N=Cc1cnc(-c2ccccc2)[nH]1)c1cnc(-c2ccccc2)[nH]1. The van der Waals surface area contributed by atoms with Crippen LogP contribution in [-0.2, 0) is 0 Å². The number of H-pyrrole nitrogens is 2. The molecule has 0 unspecified atom stereocenters. The fraction of sp³-hybridized carbons (Fsp3) is 0.208. The number of hydrogen-bond acceptors (Lipinski definition) is 3. The Morgan fingerprint density at radius 3 is 2.03 bits per heavy atom. The first-order valence-corrected chi connectivity index (χ1v) is 9.93. The summed E-state index contributed by atoms with van der Waals surface area (Å²) in [5, 5.41) is 0. The molecule has 2 aromatic carbocycles. The zero-order valence-corrected chi connectivity index (χ0v) is 16.7. The van der Waals surface area contributed by atoms with Crippen molar-refractivity contribution < 1.29 is 0 Å². The molecule has 0 fully saturated rings. The first-order valence-electron chi connectivity index (χ1n) is 9.93. The number of benzene rings is 2. The van der Waals surface area contributed by atoms with Crippen LogP contribution >= 0.6 is 0 Å². The maximum Gasteiger partial charge on any atom is 0.137 e. The quantitative estimate of drug-likeness (QED) is 0.404. The van der Waals surface area contributed by atoms with E-state index in [1.807, 2.05) is 67.1 Å². The molecule has 0 aliphatic carbocycles. The van der Waals surface area contributed by atoms with E-state index in [0.29, 0.717) is 5.92 Å². The van der Waals surface area contributed by atoms with Gasteiger partial charge in [-0.15, -0.1) is 0 Å². The molecule has 4 rings (SSSR count). The van der Waals surface area contributed by atoms with E-state index >= 15 is 0 Å². The normalized spacial score (nSPS) is 12.7. The number of aromatic nitrogens is 4. The summed E-state index contributed by atoms with van der Waals surface area (Å²) >= 11 is 0. The molecule has 2 aromatic heterocycles. The highest BCUT2D eigenvalue weighted by Crippen LogP contribution is 2.26. The van der Waals surface area contributed by atoms with Gasteiger partial charge in [-0.3, -0.25) is 4.99 Å². The number of rotatable bonds is 7. The zero-order chi connectivity index (χ0) is 20.1. The highest BCUT2D eigenvalue weighted by Gasteiger charge is 2.15. The van der Waals surface area contributed by atoms with Crippen LogP contribution in [0.5, 0.6) is 0 Å². The van der Waals surface area contributed by atoms with E-state index in [-0.39, 0.29) is 6.04 Å². The molecular formula is C24H25N5. The van der Waals surface area contributed by atoms with Gasteiger partial charge in [0.2, 0.25) is 0 Å². The summed E-state index contributed by atoms with van der Waals surface area (Å²) in [4.78, 5) is 20.7. The standard InChI is InChI=1S/C24H25N5/c1-17(2)13-21(22-16-27-24(29-22)19-11-7-4-8-12-19)25-14-20-15-26-23(28-20)18-9-5-3-6-10-18/h3-12,14-17,21H,13H2,1-2H3,(H,26,28)(H,27,29)/t21-/m0/s1. The van der Waals surface area contributed by atoms with Gasteiger partial charge in [0, 0.05) is 17.3 Å². The Kier molecular flexibility index (Phi) is 5.66. The summed E-state index contributed by atoms with van der Waals surface area (Å²) in [6.07, 6.45) is 6.53. The van der Waals surface area contributed by atoms with Crippen LogP contribution in [0.2, 0.25) is 0 Å². The molecule has 0 amide bonds. The highest BCUT2D eigenvalue weighted by molar-refractivity contribution is 5.78. The fourth-order valence-corrected chi connectivity index (χ4v) is 3.28. The van der Waals surface area contributed by atoms with Crippen LogP contribution in [0.3, 0.4) is 0 Å². The molecule has 2 heterocycles. The van der Waals surface area contributed by atoms with Crippen molar-refractivity contribution in [3.63, 3.8) is 0 Å². The molecule has 0 radical (unpaired) electrons. The molecule has 0 saturated heterocycles. The summed E-state index contributed by atoms with van der Waals surface area (Å²) in [5.41, 5.74) is 4.05. The van der Waals surface area contributed by atoms with Crippen LogP contribution in [0.15, 0.2) is 78.0 Å². The van der Waals surface area contributed by atoms with Crippen LogP contribution in [0.25, 0.3) is 22.8 Å². The maximum absolute atomic E-state index is 4.85. The van der Waals surface area contributed by atoms with Crippen LogP contribution in [-0.4, -0.2) is 26.2 Å². The number of nitrogens with one attached hydrogen (secondary N) is 2. The van der Waals surface area contributed by atoms with Gasteiger partial charge in [0.25, 0.3) is 0 Å². The van der Waals surface area contributed by atoms with E-state index in [4.69, 9.17) is 4.99 Å². The minimum Gasteiger partial charge on any atom is -0.340 e. The molecule has 5 heteroatoms. The van der Waals surface area contributed by atoms with Crippen molar-refractivity contribution in [2.24, 2.45) is 10.9 Å². The zero-order valence-electron chi connectivity index (χ0n) is 16.7. The van der Waals surface area contributed by atoms with E-state index in [0.717, 1.165) is 40.6 Å². The summed E-state index contributed by atoms with van der Waals surface area (Å²) in [6, 6.07) is 20.3. The van der Waals surface area contributed by atoms with Gasteiger partial charge in [0.15, 0.2) is 0 Å². The Bertz CT molecular complexity index is 1060. The summed E-state index contributed by atoms with van der Waals surface area (Å²) < 4.78 is 0. The first kappa shape index (κ1) is 18.9. The number of imidazole rings is 2. The molecule has 0 saturated carbocycles. The lowest BCUT2D eigenvalue weighted by molar-refractivity contribution is 0.506. The molecule has 0 aliphatic heterocycles. The van der Waals surface area contributed by atoms with Gasteiger partial charge in [0.1, 0.15) is 11.6 Å². The molecule has 0 spiro atoms. The van der Waals surface area contributed by atoms with Crippen molar-refractivity contribution in [3.05, 3.63) is 84.4 Å². The molecule has 4 aromatic rings. The van der Waals surface area contributed by atoms with E-state index in [1.165, 1.54) is 0 Å². The van der Waals surface area contributed by atoms with E-state index in [1.54, 1.807) is 0 Å². The second-order valence-corrected chi connectivity index (χ2v) is 7.53. The van der Waals surface area contributed by atoms with Crippen molar-refractivity contribution in [1.82, 2.24) is 19.9 Å². The average Bonchev–Trinajstić information content (AvgIpc) is 3.42. The Hall–Kier alpha value is -3.47. The second kappa shape index (κ2) is 8.69.